The number of nitrogens with one attached hydrogen (secondary N) is 1. The van der Waals surface area contributed by atoms with Crippen molar-refractivity contribution in [3.63, 3.8) is 0 Å². The topological polar surface area (TPSA) is 112 Å². The molecule has 1 heterocycles. The van der Waals surface area contributed by atoms with Gasteiger partial charge in [-0.1, -0.05) is 0 Å². The van der Waals surface area contributed by atoms with Gasteiger partial charge in [-0.05, 0) is 12.1 Å². The maximum Gasteiger partial charge on any atom is 0.242 e. The highest BCUT2D eigenvalue weighted by Gasteiger charge is 2.13. The van der Waals surface area contributed by atoms with E-state index in [1.54, 1.807) is 6.07 Å². The van der Waals surface area contributed by atoms with Crippen LogP contribution < -0.4 is 4.72 Å². The molecule has 0 fully saturated rings. The van der Waals surface area contributed by atoms with Crippen LogP contribution >= 0.6 is 0 Å². The zero-order valence-corrected chi connectivity index (χ0v) is 10.4. The predicted octanol–water partition coefficient (Wildman–Crippen LogP) is -0.760. The molecule has 0 aliphatic rings. The Bertz CT molecular complexity index is 507. The second-order valence-corrected chi connectivity index (χ2v) is 4.99. The number of aromatic nitrogens is 1. The fraction of sp³-hybridized carbons (Fsp3) is 0.400. The van der Waals surface area contributed by atoms with E-state index in [0.29, 0.717) is 0 Å². The van der Waals surface area contributed by atoms with E-state index >= 15 is 0 Å². The molecule has 0 unspecified atom stereocenters. The third-order valence-corrected chi connectivity index (χ3v) is 3.38. The van der Waals surface area contributed by atoms with Crippen LogP contribution in [0.1, 0.15) is 5.69 Å². The van der Waals surface area contributed by atoms with Crippen LogP contribution in [-0.4, -0.2) is 44.9 Å². The van der Waals surface area contributed by atoms with E-state index < -0.39 is 10.0 Å². The van der Waals surface area contributed by atoms with Crippen LogP contribution in [0.25, 0.3) is 0 Å². The molecule has 0 aromatic carbocycles. The minimum atomic E-state index is -3.64. The first-order valence-corrected chi connectivity index (χ1v) is 6.63. The standard InChI is InChI=1S/C10H13N3O4S/c11-7-9-1-2-10(8-12-9)18(15,16)13-3-5-17-6-4-14/h1-2,8,13-14H,3-6H2. The molecule has 0 radical (unpaired) electrons. The lowest BCUT2D eigenvalue weighted by Gasteiger charge is -2.06. The van der Waals surface area contributed by atoms with Gasteiger partial charge in [0.1, 0.15) is 16.7 Å². The molecular weight excluding hydrogens is 258 g/mol. The third-order valence-electron chi connectivity index (χ3n) is 1.94. The number of nitrogens with zero attached hydrogens (tertiary/aromatic N) is 2. The molecule has 0 saturated heterocycles. The summed E-state index contributed by atoms with van der Waals surface area (Å²) in [7, 11) is -3.64. The Balaban J connectivity index is 2.55. The molecule has 7 nitrogen and oxygen atoms in total. The van der Waals surface area contributed by atoms with Crippen LogP contribution in [0.2, 0.25) is 0 Å². The van der Waals surface area contributed by atoms with Gasteiger partial charge < -0.3 is 9.84 Å². The van der Waals surface area contributed by atoms with Gasteiger partial charge in [-0.3, -0.25) is 0 Å². The summed E-state index contributed by atoms with van der Waals surface area (Å²) in [5.41, 5.74) is 0.153. The van der Waals surface area contributed by atoms with Crippen molar-refractivity contribution in [1.29, 1.82) is 5.26 Å². The molecule has 8 heteroatoms. The van der Waals surface area contributed by atoms with Crippen molar-refractivity contribution in [3.05, 3.63) is 24.0 Å². The largest absolute Gasteiger partial charge is 0.394 e. The van der Waals surface area contributed by atoms with Crippen LogP contribution in [0.3, 0.4) is 0 Å². The van der Waals surface area contributed by atoms with Crippen LogP contribution in [0, 0.1) is 11.3 Å². The molecule has 98 valence electrons. The van der Waals surface area contributed by atoms with Gasteiger partial charge in [0.2, 0.25) is 10.0 Å². The molecule has 0 atom stereocenters. The van der Waals surface area contributed by atoms with E-state index in [1.165, 1.54) is 12.1 Å². The molecule has 1 aromatic heterocycles. The number of sulfonamides is 1. The second-order valence-electron chi connectivity index (χ2n) is 3.22. The van der Waals surface area contributed by atoms with Crippen molar-refractivity contribution in [2.45, 2.75) is 4.90 Å². The molecule has 0 aliphatic carbocycles. The fourth-order valence-electron chi connectivity index (χ4n) is 1.10. The van der Waals surface area contributed by atoms with Gasteiger partial charge >= 0.3 is 0 Å². The van der Waals surface area contributed by atoms with Gasteiger partial charge in [-0.2, -0.15) is 5.26 Å². The quantitative estimate of drug-likeness (QED) is 0.630. The first kappa shape index (κ1) is 14.5. The van der Waals surface area contributed by atoms with E-state index in [9.17, 15) is 8.42 Å². The monoisotopic (exact) mass is 271 g/mol. The Morgan fingerprint density at radius 2 is 2.22 bits per heavy atom. The average molecular weight is 271 g/mol. The van der Waals surface area contributed by atoms with Crippen molar-refractivity contribution in [2.75, 3.05) is 26.4 Å². The Hall–Kier alpha value is -1.53. The van der Waals surface area contributed by atoms with Gasteiger partial charge in [-0.15, -0.1) is 0 Å². The highest BCUT2D eigenvalue weighted by atomic mass is 32.2. The number of aliphatic hydroxyl groups excluding tert-OH is 1. The average Bonchev–Trinajstić information content (AvgIpc) is 2.38. The van der Waals surface area contributed by atoms with Crippen LogP contribution in [0.15, 0.2) is 23.2 Å². The van der Waals surface area contributed by atoms with E-state index in [4.69, 9.17) is 15.1 Å². The number of hydrogen-bond donors (Lipinski definition) is 2. The number of pyridine rings is 1. The van der Waals surface area contributed by atoms with Crippen molar-refractivity contribution < 1.29 is 18.3 Å². The molecule has 0 saturated carbocycles. The summed E-state index contributed by atoms with van der Waals surface area (Å²) >= 11 is 0. The highest BCUT2D eigenvalue weighted by Crippen LogP contribution is 2.06. The SMILES string of the molecule is N#Cc1ccc(S(=O)(=O)NCCOCCO)cn1. The zero-order chi connectivity index (χ0) is 13.4. The van der Waals surface area contributed by atoms with Crippen molar-refractivity contribution >= 4 is 10.0 Å². The summed E-state index contributed by atoms with van der Waals surface area (Å²) in [4.78, 5) is 3.67. The number of nitriles is 1. The summed E-state index contributed by atoms with van der Waals surface area (Å²) in [6.45, 7) is 0.332. The summed E-state index contributed by atoms with van der Waals surface area (Å²) in [5.74, 6) is 0. The maximum absolute atomic E-state index is 11.7. The van der Waals surface area contributed by atoms with Crippen molar-refractivity contribution in [2.24, 2.45) is 0 Å². The van der Waals surface area contributed by atoms with Crippen molar-refractivity contribution in [1.82, 2.24) is 9.71 Å². The van der Waals surface area contributed by atoms with E-state index in [1.807, 2.05) is 0 Å². The van der Waals surface area contributed by atoms with Crippen LogP contribution in [-0.2, 0) is 14.8 Å². The molecule has 2 N–H and O–H groups in total. The van der Waals surface area contributed by atoms with Crippen LogP contribution in [0.5, 0.6) is 0 Å². The summed E-state index contributed by atoms with van der Waals surface area (Å²) in [6.07, 6.45) is 1.12. The zero-order valence-electron chi connectivity index (χ0n) is 9.54. The lowest BCUT2D eigenvalue weighted by Crippen LogP contribution is -2.27. The molecule has 1 aromatic rings. The molecule has 0 spiro atoms. The Morgan fingerprint density at radius 1 is 1.44 bits per heavy atom. The van der Waals surface area contributed by atoms with Crippen molar-refractivity contribution in [3.8, 4) is 6.07 Å². The number of ether oxygens (including phenoxy) is 1. The normalized spacial score (nSPS) is 11.1. The first-order chi connectivity index (χ1) is 8.60. The van der Waals surface area contributed by atoms with E-state index in [0.717, 1.165) is 6.20 Å². The smallest absolute Gasteiger partial charge is 0.242 e. The fourth-order valence-corrected chi connectivity index (χ4v) is 2.06. The van der Waals surface area contributed by atoms with Gasteiger partial charge in [0, 0.05) is 12.7 Å². The molecule has 0 aliphatic heterocycles. The highest BCUT2D eigenvalue weighted by molar-refractivity contribution is 7.89. The lowest BCUT2D eigenvalue weighted by atomic mass is 10.4. The summed E-state index contributed by atoms with van der Waals surface area (Å²) in [5, 5.41) is 17.0. The Kier molecular flexibility index (Phi) is 5.67. The summed E-state index contributed by atoms with van der Waals surface area (Å²) in [6, 6.07) is 4.44. The van der Waals surface area contributed by atoms with Gasteiger partial charge in [0.15, 0.2) is 0 Å². The minimum absolute atomic E-state index is 0.0105. The van der Waals surface area contributed by atoms with Gasteiger partial charge in [-0.25, -0.2) is 18.1 Å². The number of hydrogen-bond acceptors (Lipinski definition) is 6. The summed E-state index contributed by atoms with van der Waals surface area (Å²) < 4.78 is 30.7. The minimum Gasteiger partial charge on any atom is -0.394 e. The predicted molar refractivity (Wildman–Crippen MR) is 62.0 cm³/mol. The molecule has 0 amide bonds. The number of rotatable bonds is 7. The molecule has 1 rings (SSSR count). The van der Waals surface area contributed by atoms with Crippen LogP contribution in [0.4, 0.5) is 0 Å². The molecule has 18 heavy (non-hydrogen) atoms. The Morgan fingerprint density at radius 3 is 2.78 bits per heavy atom. The third kappa shape index (κ3) is 4.38. The van der Waals surface area contributed by atoms with Gasteiger partial charge in [0.25, 0.3) is 0 Å². The number of aliphatic hydroxyl groups is 1. The van der Waals surface area contributed by atoms with Gasteiger partial charge in [0.05, 0.1) is 19.8 Å². The van der Waals surface area contributed by atoms with E-state index in [2.05, 4.69) is 9.71 Å². The van der Waals surface area contributed by atoms with E-state index in [-0.39, 0.29) is 37.0 Å². The molecular formula is C10H13N3O4S. The molecule has 0 bridgehead atoms. The first-order valence-electron chi connectivity index (χ1n) is 5.14. The second kappa shape index (κ2) is 7.03. The Labute approximate surface area is 105 Å². The maximum atomic E-state index is 11.7. The lowest BCUT2D eigenvalue weighted by molar-refractivity contribution is 0.0961.